The molecule has 0 aliphatic heterocycles. The van der Waals surface area contributed by atoms with E-state index in [1.165, 1.54) is 5.56 Å². The molecule has 1 unspecified atom stereocenters. The fourth-order valence-corrected chi connectivity index (χ4v) is 2.97. The molecule has 3 nitrogen and oxygen atoms in total. The van der Waals surface area contributed by atoms with Gasteiger partial charge in [-0.25, -0.2) is 0 Å². The Balaban J connectivity index is 0.00000288. The van der Waals surface area contributed by atoms with Crippen molar-refractivity contribution in [2.45, 2.75) is 30.7 Å². The summed E-state index contributed by atoms with van der Waals surface area (Å²) in [5, 5.41) is 2.93. The highest BCUT2D eigenvalue weighted by molar-refractivity contribution is 7.98. The second-order valence-corrected chi connectivity index (χ2v) is 6.69. The number of carbonyl (C=O) groups is 1. The number of rotatable bonds is 6. The molecule has 0 aromatic heterocycles. The molecule has 24 heavy (non-hydrogen) atoms. The van der Waals surface area contributed by atoms with Crippen molar-refractivity contribution in [1.29, 1.82) is 0 Å². The lowest BCUT2D eigenvalue weighted by molar-refractivity contribution is 0.0948. The van der Waals surface area contributed by atoms with Crippen LogP contribution >= 0.6 is 24.2 Å². The average molecular weight is 365 g/mol. The van der Waals surface area contributed by atoms with Crippen LogP contribution in [-0.4, -0.2) is 18.7 Å². The van der Waals surface area contributed by atoms with Gasteiger partial charge in [0.2, 0.25) is 0 Å². The molecule has 2 rings (SSSR count). The van der Waals surface area contributed by atoms with E-state index >= 15 is 0 Å². The predicted octanol–water partition coefficient (Wildman–Crippen LogP) is 4.38. The molecular weight excluding hydrogens is 340 g/mol. The minimum atomic E-state index is -0.207. The predicted molar refractivity (Wildman–Crippen MR) is 105 cm³/mol. The third kappa shape index (κ3) is 5.26. The Morgan fingerprint density at radius 1 is 1.08 bits per heavy atom. The molecule has 2 aromatic rings. The van der Waals surface area contributed by atoms with E-state index in [-0.39, 0.29) is 24.4 Å². The van der Waals surface area contributed by atoms with Gasteiger partial charge in [0, 0.05) is 17.5 Å². The van der Waals surface area contributed by atoms with Crippen molar-refractivity contribution in [3.05, 3.63) is 65.2 Å². The van der Waals surface area contributed by atoms with Crippen LogP contribution in [0.2, 0.25) is 0 Å². The number of amides is 1. The van der Waals surface area contributed by atoms with Gasteiger partial charge in [0.1, 0.15) is 0 Å². The third-order valence-electron chi connectivity index (χ3n) is 3.87. The Morgan fingerprint density at radius 3 is 2.25 bits per heavy atom. The number of nitrogens with two attached hydrogens (primary N) is 1. The van der Waals surface area contributed by atoms with E-state index in [2.05, 4.69) is 31.3 Å². The van der Waals surface area contributed by atoms with Gasteiger partial charge in [-0.2, -0.15) is 0 Å². The second-order valence-electron chi connectivity index (χ2n) is 5.84. The number of thioether (sulfide) groups is 1. The molecule has 3 N–H and O–H groups in total. The van der Waals surface area contributed by atoms with Gasteiger partial charge in [-0.3, -0.25) is 4.79 Å². The summed E-state index contributed by atoms with van der Waals surface area (Å²) in [5.41, 5.74) is 9.22. The van der Waals surface area contributed by atoms with E-state index in [1.807, 2.05) is 42.7 Å². The molecule has 0 heterocycles. The lowest BCUT2D eigenvalue weighted by Crippen LogP contribution is -2.32. The molecule has 0 spiro atoms. The molecule has 0 aliphatic carbocycles. The second kappa shape index (κ2) is 9.72. The molecular formula is C19H25ClN2OS. The van der Waals surface area contributed by atoms with Crippen LogP contribution in [0.5, 0.6) is 0 Å². The summed E-state index contributed by atoms with van der Waals surface area (Å²) >= 11 is 1.57. The monoisotopic (exact) mass is 364 g/mol. The highest BCUT2D eigenvalue weighted by Crippen LogP contribution is 2.20. The SMILES string of the molecule is CSc1ccccc1C(=O)NCC(N)c1ccc(C(C)C)cc1.Cl. The molecule has 0 bridgehead atoms. The molecule has 130 valence electrons. The van der Waals surface area contributed by atoms with Crippen LogP contribution in [0.3, 0.4) is 0 Å². The molecule has 2 aromatic carbocycles. The van der Waals surface area contributed by atoms with E-state index in [4.69, 9.17) is 5.73 Å². The van der Waals surface area contributed by atoms with Crippen molar-refractivity contribution in [3.63, 3.8) is 0 Å². The number of halogens is 1. The summed E-state index contributed by atoms with van der Waals surface area (Å²) in [6.45, 7) is 4.75. The van der Waals surface area contributed by atoms with Crippen LogP contribution in [0.1, 0.15) is 47.3 Å². The number of hydrogen-bond acceptors (Lipinski definition) is 3. The molecule has 1 atom stereocenters. The Kier molecular flexibility index (Phi) is 8.32. The summed E-state index contributed by atoms with van der Waals surface area (Å²) in [4.78, 5) is 13.3. The van der Waals surface area contributed by atoms with E-state index in [0.717, 1.165) is 10.5 Å². The number of carbonyl (C=O) groups excluding carboxylic acids is 1. The van der Waals surface area contributed by atoms with E-state index < -0.39 is 0 Å². The van der Waals surface area contributed by atoms with Crippen LogP contribution in [0.15, 0.2) is 53.4 Å². The first-order valence-electron chi connectivity index (χ1n) is 7.79. The average Bonchev–Trinajstić information content (AvgIpc) is 2.59. The molecule has 5 heteroatoms. The minimum Gasteiger partial charge on any atom is -0.350 e. The zero-order chi connectivity index (χ0) is 16.8. The van der Waals surface area contributed by atoms with Gasteiger partial charge in [-0.05, 0) is 35.4 Å². The van der Waals surface area contributed by atoms with Crippen LogP contribution < -0.4 is 11.1 Å². The first-order valence-corrected chi connectivity index (χ1v) is 9.02. The van der Waals surface area contributed by atoms with Crippen molar-refractivity contribution < 1.29 is 4.79 Å². The quantitative estimate of drug-likeness (QED) is 0.747. The molecule has 0 fully saturated rings. The Hall–Kier alpha value is -1.49. The lowest BCUT2D eigenvalue weighted by Gasteiger charge is -2.15. The van der Waals surface area contributed by atoms with Crippen molar-refractivity contribution in [2.24, 2.45) is 5.73 Å². The van der Waals surface area contributed by atoms with E-state index in [0.29, 0.717) is 18.0 Å². The van der Waals surface area contributed by atoms with Crippen molar-refractivity contribution in [2.75, 3.05) is 12.8 Å². The van der Waals surface area contributed by atoms with Gasteiger partial charge in [0.15, 0.2) is 0 Å². The van der Waals surface area contributed by atoms with Crippen LogP contribution in [-0.2, 0) is 0 Å². The molecule has 1 amide bonds. The maximum absolute atomic E-state index is 12.3. The van der Waals surface area contributed by atoms with Gasteiger partial charge in [0.05, 0.1) is 5.56 Å². The summed E-state index contributed by atoms with van der Waals surface area (Å²) < 4.78 is 0. The Bertz CT molecular complexity index is 659. The summed E-state index contributed by atoms with van der Waals surface area (Å²) in [6, 6.07) is 15.7. The Labute approximate surface area is 154 Å². The first kappa shape index (κ1) is 20.6. The fourth-order valence-electron chi connectivity index (χ4n) is 2.38. The highest BCUT2D eigenvalue weighted by Gasteiger charge is 2.12. The van der Waals surface area contributed by atoms with Gasteiger partial charge >= 0.3 is 0 Å². The van der Waals surface area contributed by atoms with E-state index in [9.17, 15) is 4.79 Å². The van der Waals surface area contributed by atoms with Gasteiger partial charge < -0.3 is 11.1 Å². The molecule has 0 saturated heterocycles. The normalized spacial score (nSPS) is 11.7. The molecule has 0 radical (unpaired) electrons. The molecule has 0 aliphatic rings. The number of nitrogens with one attached hydrogen (secondary N) is 1. The smallest absolute Gasteiger partial charge is 0.252 e. The topological polar surface area (TPSA) is 55.1 Å². The van der Waals surface area contributed by atoms with Crippen LogP contribution in [0, 0.1) is 0 Å². The van der Waals surface area contributed by atoms with Crippen LogP contribution in [0.4, 0.5) is 0 Å². The standard InChI is InChI=1S/C19H24N2OS.ClH/c1-13(2)14-8-10-15(11-9-14)17(20)12-21-19(22)16-6-4-5-7-18(16)23-3;/h4-11,13,17H,12,20H2,1-3H3,(H,21,22);1H. The lowest BCUT2D eigenvalue weighted by atomic mass is 9.99. The summed E-state index contributed by atoms with van der Waals surface area (Å²) in [5.74, 6) is 0.423. The Morgan fingerprint density at radius 2 is 1.67 bits per heavy atom. The van der Waals surface area contributed by atoms with Gasteiger partial charge in [-0.15, -0.1) is 24.2 Å². The number of hydrogen-bond donors (Lipinski definition) is 2. The summed E-state index contributed by atoms with van der Waals surface area (Å²) in [6.07, 6.45) is 1.97. The summed E-state index contributed by atoms with van der Waals surface area (Å²) in [7, 11) is 0. The maximum atomic E-state index is 12.3. The van der Waals surface area contributed by atoms with Gasteiger partial charge in [0.25, 0.3) is 5.91 Å². The van der Waals surface area contributed by atoms with Crippen LogP contribution in [0.25, 0.3) is 0 Å². The maximum Gasteiger partial charge on any atom is 0.252 e. The van der Waals surface area contributed by atoms with Crippen molar-refractivity contribution in [3.8, 4) is 0 Å². The highest BCUT2D eigenvalue weighted by atomic mass is 35.5. The minimum absolute atomic E-state index is 0. The van der Waals surface area contributed by atoms with E-state index in [1.54, 1.807) is 11.8 Å². The third-order valence-corrected chi connectivity index (χ3v) is 4.66. The van der Waals surface area contributed by atoms with Gasteiger partial charge in [-0.1, -0.05) is 50.2 Å². The zero-order valence-corrected chi connectivity index (χ0v) is 15.9. The number of benzene rings is 2. The first-order chi connectivity index (χ1) is 11.0. The fraction of sp³-hybridized carbons (Fsp3) is 0.316. The molecule has 0 saturated carbocycles. The largest absolute Gasteiger partial charge is 0.350 e. The van der Waals surface area contributed by atoms with Crippen molar-refractivity contribution in [1.82, 2.24) is 5.32 Å². The zero-order valence-electron chi connectivity index (χ0n) is 14.3. The van der Waals surface area contributed by atoms with Crippen molar-refractivity contribution >= 4 is 30.1 Å².